The van der Waals surface area contributed by atoms with Crippen molar-refractivity contribution in [2.45, 2.75) is 19.3 Å². The number of rotatable bonds is 5. The van der Waals surface area contributed by atoms with Gasteiger partial charge in [-0.05, 0) is 88.0 Å². The highest BCUT2D eigenvalue weighted by Gasteiger charge is 2.36. The molecule has 0 spiro atoms. The maximum atomic E-state index is 7.01. The molecule has 0 bridgehead atoms. The van der Waals surface area contributed by atoms with E-state index in [2.05, 4.69) is 205 Å². The second-order valence-corrected chi connectivity index (χ2v) is 14.9. The number of fused-ring (bicyclic) bond motifs is 10. The van der Waals surface area contributed by atoms with Gasteiger partial charge in [-0.2, -0.15) is 0 Å². The first-order valence-electron chi connectivity index (χ1n) is 18.7. The largest absolute Gasteiger partial charge is 0.454 e. The van der Waals surface area contributed by atoms with E-state index < -0.39 is 0 Å². The minimum absolute atomic E-state index is 0.150. The summed E-state index contributed by atoms with van der Waals surface area (Å²) in [6.45, 7) is 4.70. The zero-order chi connectivity index (χ0) is 36.0. The summed E-state index contributed by atoms with van der Waals surface area (Å²) in [6, 6.07) is 65.7. The van der Waals surface area contributed by atoms with Crippen LogP contribution in [0.2, 0.25) is 0 Å². The highest BCUT2D eigenvalue weighted by atomic mass is 16.3. The van der Waals surface area contributed by atoms with E-state index in [1.54, 1.807) is 0 Å². The third-order valence-corrected chi connectivity index (χ3v) is 11.6. The normalized spacial score (nSPS) is 13.1. The van der Waals surface area contributed by atoms with Crippen molar-refractivity contribution in [3.63, 3.8) is 0 Å². The molecule has 11 rings (SSSR count). The summed E-state index contributed by atoms with van der Waals surface area (Å²) in [5.74, 6) is 0. The third-order valence-electron chi connectivity index (χ3n) is 11.6. The van der Waals surface area contributed by atoms with Crippen molar-refractivity contribution < 1.29 is 4.42 Å². The van der Waals surface area contributed by atoms with Crippen LogP contribution in [0.4, 0.5) is 17.1 Å². The Kier molecular flexibility index (Phi) is 6.60. The number of hydrogen-bond acceptors (Lipinski definition) is 2. The summed E-state index contributed by atoms with van der Waals surface area (Å²) in [5.41, 5.74) is 15.8. The van der Waals surface area contributed by atoms with E-state index in [9.17, 15) is 0 Å². The number of aromatic nitrogens is 1. The summed E-state index contributed by atoms with van der Waals surface area (Å²) in [7, 11) is 0. The molecule has 0 N–H and O–H groups in total. The van der Waals surface area contributed by atoms with Crippen LogP contribution in [0.25, 0.3) is 71.7 Å². The van der Waals surface area contributed by atoms with Crippen molar-refractivity contribution in [1.29, 1.82) is 0 Å². The molecule has 2 aromatic heterocycles. The topological polar surface area (TPSA) is 21.3 Å². The van der Waals surface area contributed by atoms with Crippen molar-refractivity contribution in [2.75, 3.05) is 4.90 Å². The first kappa shape index (κ1) is 30.8. The van der Waals surface area contributed by atoms with Crippen molar-refractivity contribution >= 4 is 60.8 Å². The van der Waals surface area contributed by atoms with E-state index in [1.807, 2.05) is 0 Å². The van der Waals surface area contributed by atoms with Crippen LogP contribution in [-0.4, -0.2) is 4.57 Å². The Morgan fingerprint density at radius 3 is 1.93 bits per heavy atom. The number of anilines is 3. The summed E-state index contributed by atoms with van der Waals surface area (Å²) in [5, 5.41) is 4.64. The molecule has 256 valence electrons. The zero-order valence-corrected chi connectivity index (χ0v) is 30.1. The molecule has 2 heterocycles. The maximum Gasteiger partial charge on any atom is 0.160 e. The maximum absolute atomic E-state index is 7.01. The average Bonchev–Trinajstić information content (AvgIpc) is 3.85. The standard InChI is InChI=1S/C51H36N2O/c1-51(2)42-22-12-9-19-38(42)39-30-29-37(31-43(39)51)52(36-27-25-34(26-28-36)33-15-5-3-6-16-33)46-32-45-48(49-41-21-11-14-24-47(41)54-50(46)49)40-20-10-13-23-44(40)53(45)35-17-7-4-8-18-35/h3-32H,1-2H3. The first-order valence-corrected chi connectivity index (χ1v) is 18.7. The minimum atomic E-state index is -0.150. The molecule has 1 aliphatic rings. The van der Waals surface area contributed by atoms with Gasteiger partial charge in [-0.25, -0.2) is 0 Å². The van der Waals surface area contributed by atoms with Gasteiger partial charge in [0.05, 0.1) is 16.7 Å². The van der Waals surface area contributed by atoms with Crippen molar-refractivity contribution in [2.24, 2.45) is 0 Å². The molecule has 8 aromatic carbocycles. The van der Waals surface area contributed by atoms with Gasteiger partial charge in [0.15, 0.2) is 5.58 Å². The number of nitrogens with zero attached hydrogens (tertiary/aromatic N) is 2. The van der Waals surface area contributed by atoms with Crippen LogP contribution >= 0.6 is 0 Å². The van der Waals surface area contributed by atoms with E-state index >= 15 is 0 Å². The van der Waals surface area contributed by atoms with Crippen molar-refractivity contribution in [3.05, 3.63) is 193 Å². The van der Waals surface area contributed by atoms with Crippen LogP contribution in [0.15, 0.2) is 186 Å². The molecule has 0 saturated heterocycles. The van der Waals surface area contributed by atoms with Crippen LogP contribution in [0.3, 0.4) is 0 Å². The Hall–Kier alpha value is -6.84. The summed E-state index contributed by atoms with van der Waals surface area (Å²) in [6.07, 6.45) is 0. The second-order valence-electron chi connectivity index (χ2n) is 14.9. The summed E-state index contributed by atoms with van der Waals surface area (Å²) < 4.78 is 9.42. The van der Waals surface area contributed by atoms with Crippen LogP contribution in [0.5, 0.6) is 0 Å². The van der Waals surface area contributed by atoms with Crippen LogP contribution < -0.4 is 4.90 Å². The molecule has 0 radical (unpaired) electrons. The van der Waals surface area contributed by atoms with Gasteiger partial charge in [-0.15, -0.1) is 0 Å². The lowest BCUT2D eigenvalue weighted by molar-refractivity contribution is 0.660. The number of benzene rings is 8. The molecule has 0 aliphatic heterocycles. The Bertz CT molecular complexity index is 3060. The fourth-order valence-corrected chi connectivity index (χ4v) is 9.04. The fourth-order valence-electron chi connectivity index (χ4n) is 9.04. The smallest absolute Gasteiger partial charge is 0.160 e. The highest BCUT2D eigenvalue weighted by Crippen LogP contribution is 2.53. The van der Waals surface area contributed by atoms with Gasteiger partial charge in [0.1, 0.15) is 5.58 Å². The molecule has 3 heteroatoms. The van der Waals surface area contributed by atoms with E-state index in [-0.39, 0.29) is 5.41 Å². The van der Waals surface area contributed by atoms with Crippen LogP contribution in [-0.2, 0) is 5.41 Å². The molecule has 0 fully saturated rings. The van der Waals surface area contributed by atoms with Gasteiger partial charge in [0.2, 0.25) is 0 Å². The molecule has 0 saturated carbocycles. The van der Waals surface area contributed by atoms with E-state index in [1.165, 1.54) is 49.7 Å². The summed E-state index contributed by atoms with van der Waals surface area (Å²) in [4.78, 5) is 2.41. The molecule has 0 atom stereocenters. The lowest BCUT2D eigenvalue weighted by Crippen LogP contribution is -2.16. The monoisotopic (exact) mass is 692 g/mol. The molecule has 0 amide bonds. The number of furan rings is 1. The summed E-state index contributed by atoms with van der Waals surface area (Å²) >= 11 is 0. The predicted molar refractivity (Wildman–Crippen MR) is 226 cm³/mol. The van der Waals surface area contributed by atoms with E-state index in [0.29, 0.717) is 0 Å². The van der Waals surface area contributed by atoms with Crippen LogP contribution in [0.1, 0.15) is 25.0 Å². The lowest BCUT2D eigenvalue weighted by Gasteiger charge is -2.28. The Morgan fingerprint density at radius 2 is 1.11 bits per heavy atom. The van der Waals surface area contributed by atoms with Crippen molar-refractivity contribution in [1.82, 2.24) is 4.57 Å². The molecule has 3 nitrogen and oxygen atoms in total. The van der Waals surface area contributed by atoms with E-state index in [4.69, 9.17) is 4.42 Å². The van der Waals surface area contributed by atoms with Gasteiger partial charge in [0, 0.05) is 44.0 Å². The Balaban J connectivity index is 1.25. The molecule has 54 heavy (non-hydrogen) atoms. The quantitative estimate of drug-likeness (QED) is 0.179. The SMILES string of the molecule is CC1(C)c2ccccc2-c2ccc(N(c3ccc(-c4ccccc4)cc3)c3cc4c(c5ccccc5n4-c4ccccc4)c4c3oc3ccccc34)cc21. The molecular formula is C51H36N2O. The highest BCUT2D eigenvalue weighted by molar-refractivity contribution is 6.30. The Labute approximate surface area is 314 Å². The fraction of sp³-hybridized carbons (Fsp3) is 0.0588. The van der Waals surface area contributed by atoms with Crippen LogP contribution in [0, 0.1) is 0 Å². The Morgan fingerprint density at radius 1 is 0.481 bits per heavy atom. The third kappa shape index (κ3) is 4.42. The first-order chi connectivity index (χ1) is 26.6. The average molecular weight is 693 g/mol. The molecule has 0 unspecified atom stereocenters. The second kappa shape index (κ2) is 11.6. The van der Waals surface area contributed by atoms with Gasteiger partial charge >= 0.3 is 0 Å². The number of hydrogen-bond donors (Lipinski definition) is 0. The lowest BCUT2D eigenvalue weighted by atomic mass is 9.82. The minimum Gasteiger partial charge on any atom is -0.454 e. The van der Waals surface area contributed by atoms with Gasteiger partial charge < -0.3 is 13.9 Å². The zero-order valence-electron chi connectivity index (χ0n) is 30.1. The van der Waals surface area contributed by atoms with Gasteiger partial charge in [-0.1, -0.05) is 141 Å². The molecule has 1 aliphatic carbocycles. The molecular weight excluding hydrogens is 657 g/mol. The van der Waals surface area contributed by atoms with Gasteiger partial charge in [0.25, 0.3) is 0 Å². The number of para-hydroxylation sites is 3. The molecule has 10 aromatic rings. The predicted octanol–water partition coefficient (Wildman–Crippen LogP) is 14.1. The van der Waals surface area contributed by atoms with Gasteiger partial charge in [-0.3, -0.25) is 0 Å². The van der Waals surface area contributed by atoms with Crippen molar-refractivity contribution in [3.8, 4) is 27.9 Å². The van der Waals surface area contributed by atoms with E-state index in [0.717, 1.165) is 50.2 Å².